The van der Waals surface area contributed by atoms with Gasteiger partial charge in [-0.15, -0.1) is 0 Å². The van der Waals surface area contributed by atoms with E-state index in [9.17, 15) is 14.7 Å². The number of benzene rings is 1. The summed E-state index contributed by atoms with van der Waals surface area (Å²) in [7, 11) is 1.43. The van der Waals surface area contributed by atoms with Crippen LogP contribution in [0.2, 0.25) is 0 Å². The molecule has 0 aliphatic heterocycles. The third kappa shape index (κ3) is 5.53. The number of carbonyl (C=O) groups is 2. The Morgan fingerprint density at radius 1 is 1.21 bits per heavy atom. The third-order valence-corrected chi connectivity index (χ3v) is 4.29. The monoisotopic (exact) mass is 335 g/mol. The van der Waals surface area contributed by atoms with E-state index >= 15 is 0 Å². The number of amides is 1. The van der Waals surface area contributed by atoms with Gasteiger partial charge in [-0.1, -0.05) is 49.6 Å². The van der Waals surface area contributed by atoms with Crippen LogP contribution in [0.3, 0.4) is 0 Å². The van der Waals surface area contributed by atoms with Crippen LogP contribution in [0.25, 0.3) is 0 Å². The molecule has 0 saturated heterocycles. The van der Waals surface area contributed by atoms with Crippen molar-refractivity contribution in [2.75, 3.05) is 13.7 Å². The quantitative estimate of drug-likeness (QED) is 0.829. The number of nitrogens with zero attached hydrogens (tertiary/aromatic N) is 1. The summed E-state index contributed by atoms with van der Waals surface area (Å²) in [6, 6.07) is 8.22. The first-order chi connectivity index (χ1) is 11.6. The van der Waals surface area contributed by atoms with Crippen LogP contribution in [-0.4, -0.2) is 47.9 Å². The van der Waals surface area contributed by atoms with Gasteiger partial charge in [-0.3, -0.25) is 4.90 Å². The van der Waals surface area contributed by atoms with Crippen molar-refractivity contribution in [1.29, 1.82) is 0 Å². The van der Waals surface area contributed by atoms with E-state index in [0.29, 0.717) is 0 Å². The molecule has 1 aromatic carbocycles. The van der Waals surface area contributed by atoms with Gasteiger partial charge in [-0.25, -0.2) is 9.59 Å². The minimum atomic E-state index is -1.09. The second kappa shape index (κ2) is 9.27. The minimum Gasteiger partial charge on any atom is -0.480 e. The highest BCUT2D eigenvalue weighted by Gasteiger charge is 2.29. The lowest BCUT2D eigenvalue weighted by molar-refractivity contribution is -0.145. The summed E-state index contributed by atoms with van der Waals surface area (Å²) in [6.45, 7) is 0.0940. The smallest absolute Gasteiger partial charge is 0.410 e. The largest absolute Gasteiger partial charge is 0.480 e. The molecule has 1 unspecified atom stereocenters. The predicted molar refractivity (Wildman–Crippen MR) is 88.6 cm³/mol. The molecule has 0 radical (unpaired) electrons. The Kier molecular flexibility index (Phi) is 7.06. The molecule has 0 heterocycles. The molecule has 6 heteroatoms. The highest BCUT2D eigenvalue weighted by molar-refractivity contribution is 5.80. The van der Waals surface area contributed by atoms with E-state index in [4.69, 9.17) is 9.47 Å². The van der Waals surface area contributed by atoms with Gasteiger partial charge in [0.15, 0.2) is 6.04 Å². The van der Waals surface area contributed by atoms with Crippen LogP contribution in [0.1, 0.15) is 37.7 Å². The predicted octanol–water partition coefficient (Wildman–Crippen LogP) is 3.06. The lowest BCUT2D eigenvalue weighted by Crippen LogP contribution is -2.46. The van der Waals surface area contributed by atoms with E-state index in [1.165, 1.54) is 13.5 Å². The number of likely N-dealkylation sites (N-methyl/N-ethyl adjacent to an activating group) is 1. The Balaban J connectivity index is 1.83. The molecule has 0 bridgehead atoms. The van der Waals surface area contributed by atoms with Crippen molar-refractivity contribution in [3.63, 3.8) is 0 Å². The van der Waals surface area contributed by atoms with Gasteiger partial charge in [-0.2, -0.15) is 0 Å². The molecule has 1 saturated carbocycles. The molecule has 2 rings (SSSR count). The molecule has 1 atom stereocenters. The molecule has 132 valence electrons. The second-order valence-corrected chi connectivity index (χ2v) is 6.10. The Hall–Kier alpha value is -2.08. The molecule has 1 fully saturated rings. The Morgan fingerprint density at radius 2 is 1.88 bits per heavy atom. The van der Waals surface area contributed by atoms with Gasteiger partial charge in [0.25, 0.3) is 0 Å². The standard InChI is InChI=1S/C18H25NO5/c1-19(18(22)24-12-14-8-4-2-5-9-14)16(17(20)21)13-23-15-10-6-3-7-11-15/h2,4-5,8-9,15-16H,3,6-7,10-13H2,1H3,(H,20,21). The van der Waals surface area contributed by atoms with E-state index in [1.54, 1.807) is 0 Å². The fraction of sp³-hybridized carbons (Fsp3) is 0.556. The van der Waals surface area contributed by atoms with Crippen molar-refractivity contribution >= 4 is 12.1 Å². The first-order valence-corrected chi connectivity index (χ1v) is 8.36. The van der Waals surface area contributed by atoms with Crippen LogP contribution < -0.4 is 0 Å². The topological polar surface area (TPSA) is 76.1 Å². The van der Waals surface area contributed by atoms with Crippen LogP contribution in [0.5, 0.6) is 0 Å². The van der Waals surface area contributed by atoms with Gasteiger partial charge in [0.2, 0.25) is 0 Å². The van der Waals surface area contributed by atoms with Crippen molar-refractivity contribution in [3.8, 4) is 0 Å². The normalized spacial score (nSPS) is 16.4. The van der Waals surface area contributed by atoms with E-state index in [1.807, 2.05) is 30.3 Å². The van der Waals surface area contributed by atoms with E-state index in [-0.39, 0.29) is 19.3 Å². The average molecular weight is 335 g/mol. The van der Waals surface area contributed by atoms with Gasteiger partial charge in [-0.05, 0) is 18.4 Å². The van der Waals surface area contributed by atoms with Gasteiger partial charge in [0.05, 0.1) is 12.7 Å². The van der Waals surface area contributed by atoms with Crippen LogP contribution >= 0.6 is 0 Å². The number of ether oxygens (including phenoxy) is 2. The van der Waals surface area contributed by atoms with E-state index < -0.39 is 18.1 Å². The van der Waals surface area contributed by atoms with Crippen LogP contribution in [-0.2, 0) is 20.9 Å². The number of carboxylic acids is 1. The molecular formula is C18H25NO5. The number of hydrogen-bond donors (Lipinski definition) is 1. The van der Waals surface area contributed by atoms with Crippen LogP contribution in [0, 0.1) is 0 Å². The lowest BCUT2D eigenvalue weighted by atomic mass is 9.98. The fourth-order valence-corrected chi connectivity index (χ4v) is 2.76. The maximum atomic E-state index is 12.1. The highest BCUT2D eigenvalue weighted by atomic mass is 16.6. The van der Waals surface area contributed by atoms with Gasteiger partial charge in [0.1, 0.15) is 6.61 Å². The van der Waals surface area contributed by atoms with Crippen molar-refractivity contribution in [1.82, 2.24) is 4.90 Å². The molecule has 1 N–H and O–H groups in total. The van der Waals surface area contributed by atoms with Crippen molar-refractivity contribution in [2.24, 2.45) is 0 Å². The van der Waals surface area contributed by atoms with Crippen LogP contribution in [0.4, 0.5) is 4.79 Å². The minimum absolute atomic E-state index is 0.0169. The fourth-order valence-electron chi connectivity index (χ4n) is 2.76. The number of aliphatic carboxylic acids is 1. The number of carboxylic acid groups (broad SMARTS) is 1. The molecule has 1 amide bonds. The first kappa shape index (κ1) is 18.3. The van der Waals surface area contributed by atoms with Gasteiger partial charge >= 0.3 is 12.1 Å². The Labute approximate surface area is 142 Å². The first-order valence-electron chi connectivity index (χ1n) is 8.36. The summed E-state index contributed by atoms with van der Waals surface area (Å²) in [5, 5.41) is 9.38. The average Bonchev–Trinajstić information content (AvgIpc) is 2.61. The van der Waals surface area contributed by atoms with Crippen molar-refractivity contribution < 1.29 is 24.2 Å². The molecule has 0 aromatic heterocycles. The maximum Gasteiger partial charge on any atom is 0.410 e. The van der Waals surface area contributed by atoms with Gasteiger partial charge < -0.3 is 14.6 Å². The van der Waals surface area contributed by atoms with E-state index in [2.05, 4.69) is 0 Å². The number of carbonyl (C=O) groups excluding carboxylic acids is 1. The number of rotatable bonds is 7. The summed E-state index contributed by atoms with van der Waals surface area (Å²) in [6.07, 6.45) is 4.75. The Morgan fingerprint density at radius 3 is 2.50 bits per heavy atom. The molecule has 1 aromatic rings. The maximum absolute atomic E-state index is 12.1. The molecule has 6 nitrogen and oxygen atoms in total. The molecule has 24 heavy (non-hydrogen) atoms. The summed E-state index contributed by atoms with van der Waals surface area (Å²) in [5.74, 6) is -1.09. The van der Waals surface area contributed by atoms with E-state index in [0.717, 1.165) is 36.1 Å². The molecular weight excluding hydrogens is 310 g/mol. The lowest BCUT2D eigenvalue weighted by Gasteiger charge is -2.27. The zero-order valence-electron chi connectivity index (χ0n) is 14.0. The summed E-state index contributed by atoms with van der Waals surface area (Å²) in [4.78, 5) is 24.7. The second-order valence-electron chi connectivity index (χ2n) is 6.10. The zero-order chi connectivity index (χ0) is 17.4. The molecule has 1 aliphatic carbocycles. The summed E-state index contributed by atoms with van der Waals surface area (Å²) in [5.41, 5.74) is 0.851. The van der Waals surface area contributed by atoms with Crippen LogP contribution in [0.15, 0.2) is 30.3 Å². The van der Waals surface area contributed by atoms with Crippen molar-refractivity contribution in [3.05, 3.63) is 35.9 Å². The molecule has 1 aliphatic rings. The molecule has 0 spiro atoms. The number of hydrogen-bond acceptors (Lipinski definition) is 4. The summed E-state index contributed by atoms with van der Waals surface area (Å²) < 4.78 is 10.9. The zero-order valence-corrected chi connectivity index (χ0v) is 14.0. The third-order valence-electron chi connectivity index (χ3n) is 4.29. The summed E-state index contributed by atoms with van der Waals surface area (Å²) >= 11 is 0. The SMILES string of the molecule is CN(C(=O)OCc1ccccc1)C(COC1CCCCC1)C(=O)O. The highest BCUT2D eigenvalue weighted by Crippen LogP contribution is 2.20. The van der Waals surface area contributed by atoms with Crippen molar-refractivity contribution in [2.45, 2.75) is 50.9 Å². The van der Waals surface area contributed by atoms with Gasteiger partial charge in [0, 0.05) is 7.05 Å². The Bertz CT molecular complexity index is 527.